The number of carbonyl (C=O) groups excluding carboxylic acids is 1. The van der Waals surface area contributed by atoms with Gasteiger partial charge in [-0.05, 0) is 32.9 Å². The molecule has 90 valence electrons. The van der Waals surface area contributed by atoms with E-state index >= 15 is 0 Å². The van der Waals surface area contributed by atoms with E-state index in [-0.39, 0.29) is 17.8 Å². The molecule has 2 aromatic rings. The number of hydrogen-bond acceptors (Lipinski definition) is 4. The molecule has 2 N–H and O–H groups in total. The van der Waals surface area contributed by atoms with Gasteiger partial charge in [0, 0.05) is 0 Å². The molecule has 0 spiro atoms. The number of aromatic amines is 1. The molecule has 0 bridgehead atoms. The Kier molecular flexibility index (Phi) is 2.95. The Balaban J connectivity index is 2.04. The maximum Gasteiger partial charge on any atom is 0.291 e. The minimum absolute atomic E-state index is 0.137. The quantitative estimate of drug-likeness (QED) is 0.843. The number of H-pyrrole nitrogens is 1. The maximum absolute atomic E-state index is 11.8. The molecule has 1 unspecified atom stereocenters. The maximum atomic E-state index is 11.8. The van der Waals surface area contributed by atoms with Crippen molar-refractivity contribution in [3.63, 3.8) is 0 Å². The number of rotatable bonds is 3. The molecule has 1 atom stereocenters. The van der Waals surface area contributed by atoms with Crippen molar-refractivity contribution < 1.29 is 9.21 Å². The number of aromatic nitrogens is 3. The van der Waals surface area contributed by atoms with Crippen LogP contribution >= 0.6 is 0 Å². The first-order valence-corrected chi connectivity index (χ1v) is 5.32. The summed E-state index contributed by atoms with van der Waals surface area (Å²) in [6.07, 6.45) is 0. The zero-order valence-corrected chi connectivity index (χ0v) is 9.94. The molecule has 0 saturated carbocycles. The molecule has 2 heterocycles. The van der Waals surface area contributed by atoms with Gasteiger partial charge in [-0.3, -0.25) is 9.89 Å². The van der Waals surface area contributed by atoms with Crippen molar-refractivity contribution >= 4 is 5.91 Å². The zero-order valence-electron chi connectivity index (χ0n) is 9.94. The van der Waals surface area contributed by atoms with Crippen LogP contribution in [-0.4, -0.2) is 21.1 Å². The second kappa shape index (κ2) is 4.40. The fraction of sp³-hybridized carbons (Fsp3) is 0.364. The Hall–Kier alpha value is -2.11. The lowest BCUT2D eigenvalue weighted by Crippen LogP contribution is -2.27. The highest BCUT2D eigenvalue weighted by molar-refractivity contribution is 5.90. The van der Waals surface area contributed by atoms with Gasteiger partial charge in [-0.15, -0.1) is 5.10 Å². The Morgan fingerprint density at radius 3 is 2.76 bits per heavy atom. The highest BCUT2D eigenvalue weighted by atomic mass is 16.3. The first kappa shape index (κ1) is 11.4. The highest BCUT2D eigenvalue weighted by Crippen LogP contribution is 2.15. The molecule has 1 amide bonds. The molecule has 2 rings (SSSR count). The summed E-state index contributed by atoms with van der Waals surface area (Å²) in [5.74, 6) is 1.95. The number of nitrogens with one attached hydrogen (secondary N) is 2. The van der Waals surface area contributed by atoms with E-state index in [0.29, 0.717) is 11.6 Å². The third-order valence-electron chi connectivity index (χ3n) is 2.34. The summed E-state index contributed by atoms with van der Waals surface area (Å²) in [5, 5.41) is 9.17. The molecule has 17 heavy (non-hydrogen) atoms. The predicted octanol–water partition coefficient (Wildman–Crippen LogP) is 1.51. The summed E-state index contributed by atoms with van der Waals surface area (Å²) < 4.78 is 5.42. The van der Waals surface area contributed by atoms with Gasteiger partial charge >= 0.3 is 0 Å². The zero-order chi connectivity index (χ0) is 12.4. The number of hydrogen-bond donors (Lipinski definition) is 2. The second-order valence-corrected chi connectivity index (χ2v) is 3.89. The minimum Gasteiger partial charge on any atom is -0.464 e. The predicted molar refractivity (Wildman–Crippen MR) is 60.4 cm³/mol. The molecule has 0 radical (unpaired) electrons. The molecular weight excluding hydrogens is 220 g/mol. The molecule has 0 fully saturated rings. The van der Waals surface area contributed by atoms with Gasteiger partial charge in [-0.25, -0.2) is 4.98 Å². The van der Waals surface area contributed by atoms with E-state index in [1.165, 1.54) is 0 Å². The molecule has 0 aliphatic heterocycles. The van der Waals surface area contributed by atoms with Crippen LogP contribution in [0.15, 0.2) is 16.5 Å². The molecule has 6 heteroatoms. The number of furan rings is 1. The van der Waals surface area contributed by atoms with Gasteiger partial charge < -0.3 is 9.73 Å². The average molecular weight is 234 g/mol. The largest absolute Gasteiger partial charge is 0.464 e. The monoisotopic (exact) mass is 234 g/mol. The molecular formula is C11H14N4O2. The van der Waals surface area contributed by atoms with Gasteiger partial charge in [-0.2, -0.15) is 0 Å². The Morgan fingerprint density at radius 1 is 1.47 bits per heavy atom. The average Bonchev–Trinajstić information content (AvgIpc) is 2.87. The lowest BCUT2D eigenvalue weighted by Gasteiger charge is -2.09. The van der Waals surface area contributed by atoms with Crippen LogP contribution in [0.25, 0.3) is 0 Å². The lowest BCUT2D eigenvalue weighted by molar-refractivity contribution is 0.0925. The Morgan fingerprint density at radius 2 is 2.24 bits per heavy atom. The number of aryl methyl sites for hydroxylation is 2. The Bertz CT molecular complexity index is 529. The number of nitrogens with zero attached hydrogens (tertiary/aromatic N) is 2. The van der Waals surface area contributed by atoms with E-state index in [4.69, 9.17) is 4.42 Å². The van der Waals surface area contributed by atoms with E-state index in [1.54, 1.807) is 6.92 Å². The van der Waals surface area contributed by atoms with Gasteiger partial charge in [0.05, 0.1) is 6.04 Å². The first-order chi connectivity index (χ1) is 8.06. The van der Waals surface area contributed by atoms with E-state index < -0.39 is 0 Å². The van der Waals surface area contributed by atoms with Crippen LogP contribution in [0.1, 0.15) is 40.9 Å². The number of carbonyl (C=O) groups is 1. The van der Waals surface area contributed by atoms with Gasteiger partial charge in [0.1, 0.15) is 17.3 Å². The fourth-order valence-electron chi connectivity index (χ4n) is 1.46. The van der Waals surface area contributed by atoms with Crippen molar-refractivity contribution in [2.75, 3.05) is 0 Å². The van der Waals surface area contributed by atoms with E-state index in [2.05, 4.69) is 20.5 Å². The van der Waals surface area contributed by atoms with Gasteiger partial charge in [0.15, 0.2) is 0 Å². The van der Waals surface area contributed by atoms with Crippen LogP contribution < -0.4 is 5.32 Å². The fourth-order valence-corrected chi connectivity index (χ4v) is 1.46. The summed E-state index contributed by atoms with van der Waals surface area (Å²) in [6.45, 7) is 5.44. The van der Waals surface area contributed by atoms with Crippen molar-refractivity contribution in [3.8, 4) is 0 Å². The van der Waals surface area contributed by atoms with Crippen molar-refractivity contribution in [2.24, 2.45) is 0 Å². The van der Waals surface area contributed by atoms with Crippen LogP contribution in [-0.2, 0) is 0 Å². The third kappa shape index (κ3) is 2.52. The van der Waals surface area contributed by atoms with Crippen LogP contribution in [0, 0.1) is 13.8 Å². The second-order valence-electron chi connectivity index (χ2n) is 3.89. The highest BCUT2D eigenvalue weighted by Gasteiger charge is 2.16. The Labute approximate surface area is 98.4 Å². The summed E-state index contributed by atoms with van der Waals surface area (Å²) in [6, 6.07) is 3.48. The van der Waals surface area contributed by atoms with Crippen molar-refractivity contribution in [1.29, 1.82) is 0 Å². The van der Waals surface area contributed by atoms with E-state index in [0.717, 1.165) is 5.76 Å². The molecule has 0 aromatic carbocycles. The third-order valence-corrected chi connectivity index (χ3v) is 2.34. The lowest BCUT2D eigenvalue weighted by atomic mass is 10.2. The van der Waals surface area contributed by atoms with Crippen LogP contribution in [0.3, 0.4) is 0 Å². The van der Waals surface area contributed by atoms with Crippen molar-refractivity contribution in [1.82, 2.24) is 20.5 Å². The summed E-state index contributed by atoms with van der Waals surface area (Å²) >= 11 is 0. The van der Waals surface area contributed by atoms with E-state index in [9.17, 15) is 4.79 Å². The molecule has 2 aromatic heterocycles. The minimum atomic E-state index is -0.323. The van der Waals surface area contributed by atoms with Crippen LogP contribution in [0.4, 0.5) is 0 Å². The normalized spacial score (nSPS) is 12.4. The van der Waals surface area contributed by atoms with Crippen LogP contribution in [0.2, 0.25) is 0 Å². The van der Waals surface area contributed by atoms with Crippen molar-refractivity contribution in [3.05, 3.63) is 35.3 Å². The summed E-state index contributed by atoms with van der Waals surface area (Å²) in [7, 11) is 0. The first-order valence-electron chi connectivity index (χ1n) is 5.32. The standard InChI is InChI=1S/C11H14N4O2/c1-6-4-5-9(17-6)7(2)12-11(16)10-13-8(3)14-15-10/h4-5,7H,1-3H3,(H,12,16)(H,13,14,15). The topological polar surface area (TPSA) is 83.8 Å². The molecule has 0 aliphatic carbocycles. The molecule has 0 aliphatic rings. The van der Waals surface area contributed by atoms with Crippen molar-refractivity contribution in [2.45, 2.75) is 26.8 Å². The summed E-state index contributed by atoms with van der Waals surface area (Å²) in [5.41, 5.74) is 0. The number of amides is 1. The SMILES string of the molecule is Cc1nc(C(=O)NC(C)c2ccc(C)o2)n[nH]1. The molecule has 0 saturated heterocycles. The van der Waals surface area contributed by atoms with Gasteiger partial charge in [0.2, 0.25) is 5.82 Å². The van der Waals surface area contributed by atoms with Crippen LogP contribution in [0.5, 0.6) is 0 Å². The summed E-state index contributed by atoms with van der Waals surface area (Å²) in [4.78, 5) is 15.7. The van der Waals surface area contributed by atoms with Gasteiger partial charge in [0.25, 0.3) is 5.91 Å². The van der Waals surface area contributed by atoms with E-state index in [1.807, 2.05) is 26.0 Å². The smallest absolute Gasteiger partial charge is 0.291 e. The van der Waals surface area contributed by atoms with Gasteiger partial charge in [-0.1, -0.05) is 0 Å². The molecule has 6 nitrogen and oxygen atoms in total.